The maximum absolute atomic E-state index is 10.8. The van der Waals surface area contributed by atoms with Gasteiger partial charge in [-0.2, -0.15) is 0 Å². The van der Waals surface area contributed by atoms with Crippen LogP contribution in [-0.4, -0.2) is 20.3 Å². The van der Waals surface area contributed by atoms with E-state index in [1.165, 1.54) is 18.2 Å². The van der Waals surface area contributed by atoms with Crippen LogP contribution in [0.5, 0.6) is 11.6 Å². The Hall–Kier alpha value is -2.88. The molecule has 1 fully saturated rings. The Kier molecular flexibility index (Phi) is 3.45. The fraction of sp³-hybridized carbons (Fsp3) is 0.273. The minimum Gasteiger partial charge on any atom is -0.494 e. The highest BCUT2D eigenvalue weighted by molar-refractivity contribution is 5.90. The molecule has 0 atom stereocenters. The topological polar surface area (TPSA) is 39.3 Å². The molecule has 0 amide bonds. The summed E-state index contributed by atoms with van der Waals surface area (Å²) < 4.78 is 10.0. The number of benzene rings is 2. The van der Waals surface area contributed by atoms with E-state index in [0.717, 1.165) is 40.6 Å². The third-order valence-corrected chi connectivity index (χ3v) is 5.52. The third-order valence-electron chi connectivity index (χ3n) is 5.52. The van der Waals surface area contributed by atoms with Gasteiger partial charge in [0.1, 0.15) is 5.75 Å². The molecule has 1 aliphatic rings. The zero-order valence-corrected chi connectivity index (χ0v) is 14.9. The minimum absolute atomic E-state index is 0.255. The first-order chi connectivity index (χ1) is 12.7. The average molecular weight is 346 g/mol. The molecule has 0 radical (unpaired) electrons. The first-order valence-electron chi connectivity index (χ1n) is 9.25. The zero-order valence-electron chi connectivity index (χ0n) is 14.9. The van der Waals surface area contributed by atoms with E-state index in [1.807, 2.05) is 48.3 Å². The van der Waals surface area contributed by atoms with Gasteiger partial charge in [-0.1, -0.05) is 6.07 Å². The van der Waals surface area contributed by atoms with E-state index in [9.17, 15) is 5.11 Å². The van der Waals surface area contributed by atoms with Crippen LogP contribution in [0.4, 0.5) is 0 Å². The summed E-state index contributed by atoms with van der Waals surface area (Å²) in [5, 5.41) is 13.8. The molecule has 26 heavy (non-hydrogen) atoms. The first kappa shape index (κ1) is 15.4. The quantitative estimate of drug-likeness (QED) is 0.557. The van der Waals surface area contributed by atoms with E-state index in [0.29, 0.717) is 6.10 Å². The van der Waals surface area contributed by atoms with E-state index in [1.54, 1.807) is 0 Å². The van der Waals surface area contributed by atoms with Gasteiger partial charge in [0.15, 0.2) is 0 Å². The van der Waals surface area contributed by atoms with Crippen molar-refractivity contribution in [2.75, 3.05) is 0 Å². The second-order valence-corrected chi connectivity index (χ2v) is 7.27. The van der Waals surface area contributed by atoms with Crippen LogP contribution in [0.1, 0.15) is 25.7 Å². The molecular formula is C22H22N2O2. The van der Waals surface area contributed by atoms with Crippen molar-refractivity contribution in [3.8, 4) is 17.3 Å². The van der Waals surface area contributed by atoms with Gasteiger partial charge >= 0.3 is 0 Å². The van der Waals surface area contributed by atoms with Gasteiger partial charge < -0.3 is 14.4 Å². The van der Waals surface area contributed by atoms with Gasteiger partial charge in [-0.3, -0.25) is 4.57 Å². The number of hydrogen-bond acceptors (Lipinski definition) is 2. The molecule has 4 nitrogen and oxygen atoms in total. The van der Waals surface area contributed by atoms with Crippen LogP contribution < -0.4 is 4.74 Å². The van der Waals surface area contributed by atoms with Crippen molar-refractivity contribution in [2.24, 2.45) is 7.05 Å². The lowest BCUT2D eigenvalue weighted by Gasteiger charge is -2.12. The van der Waals surface area contributed by atoms with E-state index in [-0.39, 0.29) is 5.88 Å². The van der Waals surface area contributed by atoms with E-state index in [2.05, 4.69) is 22.8 Å². The van der Waals surface area contributed by atoms with Crippen molar-refractivity contribution in [1.29, 1.82) is 0 Å². The minimum atomic E-state index is 0.255. The van der Waals surface area contributed by atoms with Crippen LogP contribution in [-0.2, 0) is 7.05 Å². The Morgan fingerprint density at radius 1 is 1.00 bits per heavy atom. The summed E-state index contributed by atoms with van der Waals surface area (Å²) in [5.41, 5.74) is 2.09. The second kappa shape index (κ2) is 5.84. The van der Waals surface area contributed by atoms with Crippen molar-refractivity contribution >= 4 is 21.7 Å². The van der Waals surface area contributed by atoms with Gasteiger partial charge in [0, 0.05) is 35.7 Å². The van der Waals surface area contributed by atoms with Gasteiger partial charge in [-0.05, 0) is 67.5 Å². The first-order valence-corrected chi connectivity index (χ1v) is 9.25. The summed E-state index contributed by atoms with van der Waals surface area (Å²) in [7, 11) is 2.03. The zero-order chi connectivity index (χ0) is 17.7. The number of aromatic nitrogens is 2. The number of aryl methyl sites for hydroxylation is 1. The highest BCUT2D eigenvalue weighted by atomic mass is 16.5. The molecule has 4 aromatic rings. The molecule has 4 heteroatoms. The predicted molar refractivity (Wildman–Crippen MR) is 104 cm³/mol. The van der Waals surface area contributed by atoms with Crippen LogP contribution in [0.15, 0.2) is 54.9 Å². The molecule has 5 rings (SSSR count). The maximum Gasteiger partial charge on any atom is 0.203 e. The lowest BCUT2D eigenvalue weighted by molar-refractivity contribution is 0.210. The Morgan fingerprint density at radius 2 is 1.81 bits per heavy atom. The predicted octanol–water partition coefficient (Wildman–Crippen LogP) is 5.15. The Balaban J connectivity index is 1.56. The number of ether oxygens (including phenoxy) is 1. The Labute approximate surface area is 152 Å². The molecule has 1 saturated carbocycles. The van der Waals surface area contributed by atoms with E-state index >= 15 is 0 Å². The van der Waals surface area contributed by atoms with Crippen molar-refractivity contribution in [2.45, 2.75) is 31.8 Å². The maximum atomic E-state index is 10.8. The van der Waals surface area contributed by atoms with Crippen LogP contribution in [0.2, 0.25) is 0 Å². The SMILES string of the molecule is Cn1ccc2ccc(-n3cc4ccc(OC5CCCC5)cc4c3O)cc21. The van der Waals surface area contributed by atoms with Crippen LogP contribution in [0.25, 0.3) is 27.4 Å². The standard InChI is InChI=1S/C22H22N2O2/c1-23-11-10-15-6-8-17(12-21(15)23)24-14-16-7-9-19(13-20(16)22(24)25)26-18-4-2-3-5-18/h6-14,18,25H,2-5H2,1H3. The summed E-state index contributed by atoms with van der Waals surface area (Å²) in [6.45, 7) is 0. The van der Waals surface area contributed by atoms with Gasteiger partial charge in [-0.25, -0.2) is 0 Å². The molecule has 0 spiro atoms. The highest BCUT2D eigenvalue weighted by Gasteiger charge is 2.17. The largest absolute Gasteiger partial charge is 0.494 e. The normalized spacial score (nSPS) is 15.3. The molecule has 1 N–H and O–H groups in total. The Bertz CT molecular complexity index is 1100. The summed E-state index contributed by atoms with van der Waals surface area (Å²) in [5.74, 6) is 1.10. The van der Waals surface area contributed by atoms with Crippen molar-refractivity contribution < 1.29 is 9.84 Å². The molecule has 2 aromatic heterocycles. The van der Waals surface area contributed by atoms with Crippen molar-refractivity contribution in [3.05, 3.63) is 54.9 Å². The molecule has 2 heterocycles. The monoisotopic (exact) mass is 346 g/mol. The molecule has 132 valence electrons. The van der Waals surface area contributed by atoms with E-state index in [4.69, 9.17) is 4.74 Å². The van der Waals surface area contributed by atoms with Crippen molar-refractivity contribution in [1.82, 2.24) is 9.13 Å². The molecule has 0 unspecified atom stereocenters. The third kappa shape index (κ3) is 2.45. The molecule has 1 aliphatic carbocycles. The summed E-state index contributed by atoms with van der Waals surface area (Å²) in [6.07, 6.45) is 9.09. The average Bonchev–Trinajstić information content (AvgIpc) is 3.36. The molecule has 0 aliphatic heterocycles. The number of hydrogen-bond donors (Lipinski definition) is 1. The molecule has 0 saturated heterocycles. The Morgan fingerprint density at radius 3 is 2.65 bits per heavy atom. The van der Waals surface area contributed by atoms with Gasteiger partial charge in [0.25, 0.3) is 0 Å². The number of nitrogens with zero attached hydrogens (tertiary/aromatic N) is 2. The van der Waals surface area contributed by atoms with Gasteiger partial charge in [0.2, 0.25) is 5.88 Å². The lowest BCUT2D eigenvalue weighted by Crippen LogP contribution is -2.10. The summed E-state index contributed by atoms with van der Waals surface area (Å²) in [4.78, 5) is 0. The van der Waals surface area contributed by atoms with Gasteiger partial charge in [0.05, 0.1) is 11.8 Å². The summed E-state index contributed by atoms with van der Waals surface area (Å²) in [6, 6.07) is 14.3. The highest BCUT2D eigenvalue weighted by Crippen LogP contribution is 2.34. The molecule has 2 aromatic carbocycles. The fourth-order valence-corrected chi connectivity index (χ4v) is 4.04. The fourth-order valence-electron chi connectivity index (χ4n) is 4.04. The van der Waals surface area contributed by atoms with Crippen LogP contribution in [0, 0.1) is 0 Å². The summed E-state index contributed by atoms with van der Waals surface area (Å²) >= 11 is 0. The number of aromatic hydroxyl groups is 1. The van der Waals surface area contributed by atoms with Gasteiger partial charge in [-0.15, -0.1) is 0 Å². The lowest BCUT2D eigenvalue weighted by atomic mass is 10.2. The van der Waals surface area contributed by atoms with Crippen LogP contribution in [0.3, 0.4) is 0 Å². The number of fused-ring (bicyclic) bond motifs is 2. The molecular weight excluding hydrogens is 324 g/mol. The van der Waals surface area contributed by atoms with Crippen LogP contribution >= 0.6 is 0 Å². The van der Waals surface area contributed by atoms with Crippen molar-refractivity contribution in [3.63, 3.8) is 0 Å². The smallest absolute Gasteiger partial charge is 0.203 e. The van der Waals surface area contributed by atoms with E-state index < -0.39 is 0 Å². The molecule has 0 bridgehead atoms. The number of rotatable bonds is 3. The second-order valence-electron chi connectivity index (χ2n) is 7.27.